The van der Waals surface area contributed by atoms with Crippen LogP contribution >= 0.6 is 12.6 Å². The van der Waals surface area contributed by atoms with Gasteiger partial charge >= 0.3 is 0 Å². The Hall–Kier alpha value is -0.570. The summed E-state index contributed by atoms with van der Waals surface area (Å²) in [7, 11) is 0. The van der Waals surface area contributed by atoms with Gasteiger partial charge in [0.05, 0.1) is 17.1 Å². The lowest BCUT2D eigenvalue weighted by Gasteiger charge is -2.06. The molecular weight excluding hydrogens is 156 g/mol. The summed E-state index contributed by atoms with van der Waals surface area (Å²) in [6.45, 7) is 5.89. The third-order valence-electron chi connectivity index (χ3n) is 1.51. The Bertz CT molecular complexity index is 258. The van der Waals surface area contributed by atoms with Crippen molar-refractivity contribution in [2.75, 3.05) is 0 Å². The van der Waals surface area contributed by atoms with Gasteiger partial charge in [-0.2, -0.15) is 12.6 Å². The minimum absolute atomic E-state index is 0.169. The second-order valence-electron chi connectivity index (χ2n) is 2.66. The number of hydrogen-bond donors (Lipinski definition) is 1. The summed E-state index contributed by atoms with van der Waals surface area (Å²) in [5, 5.41) is 0.169. The Morgan fingerprint density at radius 3 is 2.55 bits per heavy atom. The molecule has 0 spiro atoms. The maximum absolute atomic E-state index is 4.33. The van der Waals surface area contributed by atoms with Gasteiger partial charge in [-0.05, 0) is 20.8 Å². The van der Waals surface area contributed by atoms with Crippen molar-refractivity contribution < 1.29 is 0 Å². The van der Waals surface area contributed by atoms with E-state index in [1.165, 1.54) is 0 Å². The van der Waals surface area contributed by atoms with Gasteiger partial charge < -0.3 is 0 Å². The lowest BCUT2D eigenvalue weighted by Crippen LogP contribution is -1.99. The molecule has 0 amide bonds. The molecular formula is C8H12N2S. The van der Waals surface area contributed by atoms with E-state index in [4.69, 9.17) is 0 Å². The number of aryl methyl sites for hydroxylation is 2. The summed E-state index contributed by atoms with van der Waals surface area (Å²) >= 11 is 4.30. The minimum atomic E-state index is 0.169. The quantitative estimate of drug-likeness (QED) is 0.650. The molecule has 0 N–H and O–H groups in total. The smallest absolute Gasteiger partial charge is 0.0743 e. The second-order valence-corrected chi connectivity index (χ2v) is 3.43. The molecule has 0 fully saturated rings. The standard InChI is InChI=1S/C8H12N2S/c1-5-4-9-6(2)8(10-5)7(3)11/h4,7,11H,1-3H3. The zero-order valence-corrected chi connectivity index (χ0v) is 7.89. The van der Waals surface area contributed by atoms with Crippen LogP contribution in [0.25, 0.3) is 0 Å². The van der Waals surface area contributed by atoms with E-state index in [0.717, 1.165) is 17.1 Å². The van der Waals surface area contributed by atoms with Gasteiger partial charge in [0.2, 0.25) is 0 Å². The van der Waals surface area contributed by atoms with E-state index in [2.05, 4.69) is 22.6 Å². The fourth-order valence-electron chi connectivity index (χ4n) is 0.952. The Balaban J connectivity index is 3.13. The lowest BCUT2D eigenvalue weighted by molar-refractivity contribution is 0.919. The molecule has 0 aliphatic rings. The predicted molar refractivity (Wildman–Crippen MR) is 48.9 cm³/mol. The van der Waals surface area contributed by atoms with Crippen molar-refractivity contribution in [1.82, 2.24) is 9.97 Å². The van der Waals surface area contributed by atoms with Crippen LogP contribution in [0.15, 0.2) is 6.20 Å². The van der Waals surface area contributed by atoms with Crippen LogP contribution in [0.5, 0.6) is 0 Å². The van der Waals surface area contributed by atoms with Crippen LogP contribution in [-0.2, 0) is 0 Å². The van der Waals surface area contributed by atoms with Gasteiger partial charge in [-0.15, -0.1) is 0 Å². The van der Waals surface area contributed by atoms with E-state index in [1.807, 2.05) is 20.8 Å². The third-order valence-corrected chi connectivity index (χ3v) is 1.75. The summed E-state index contributed by atoms with van der Waals surface area (Å²) in [6, 6.07) is 0. The van der Waals surface area contributed by atoms with Crippen molar-refractivity contribution >= 4 is 12.6 Å². The summed E-state index contributed by atoms with van der Waals surface area (Å²) in [4.78, 5) is 8.52. The van der Waals surface area contributed by atoms with Crippen molar-refractivity contribution in [3.8, 4) is 0 Å². The molecule has 0 saturated carbocycles. The van der Waals surface area contributed by atoms with E-state index in [0.29, 0.717) is 0 Å². The van der Waals surface area contributed by atoms with Crippen molar-refractivity contribution in [3.63, 3.8) is 0 Å². The van der Waals surface area contributed by atoms with Crippen LogP contribution in [0.4, 0.5) is 0 Å². The molecule has 0 saturated heterocycles. The first-order valence-corrected chi connectivity index (χ1v) is 4.11. The van der Waals surface area contributed by atoms with Crippen LogP contribution < -0.4 is 0 Å². The zero-order valence-electron chi connectivity index (χ0n) is 7.00. The summed E-state index contributed by atoms with van der Waals surface area (Å²) in [5.74, 6) is 0. The normalized spacial score (nSPS) is 13.1. The fraction of sp³-hybridized carbons (Fsp3) is 0.500. The highest BCUT2D eigenvalue weighted by Gasteiger charge is 2.05. The number of thiol groups is 1. The first kappa shape index (κ1) is 8.53. The molecule has 1 aromatic rings. The maximum Gasteiger partial charge on any atom is 0.0743 e. The molecule has 11 heavy (non-hydrogen) atoms. The summed E-state index contributed by atoms with van der Waals surface area (Å²) in [5.41, 5.74) is 2.90. The van der Waals surface area contributed by atoms with Crippen LogP contribution in [0.2, 0.25) is 0 Å². The van der Waals surface area contributed by atoms with Crippen molar-refractivity contribution in [1.29, 1.82) is 0 Å². The van der Waals surface area contributed by atoms with Crippen LogP contribution in [0, 0.1) is 13.8 Å². The average molecular weight is 168 g/mol. The number of aromatic nitrogens is 2. The maximum atomic E-state index is 4.33. The molecule has 0 bridgehead atoms. The Labute approximate surface area is 72.5 Å². The van der Waals surface area contributed by atoms with Gasteiger partial charge in [0.25, 0.3) is 0 Å². The molecule has 1 unspecified atom stereocenters. The molecule has 0 radical (unpaired) electrons. The highest BCUT2D eigenvalue weighted by molar-refractivity contribution is 7.80. The Morgan fingerprint density at radius 2 is 2.09 bits per heavy atom. The first-order chi connectivity index (χ1) is 5.11. The van der Waals surface area contributed by atoms with E-state index in [-0.39, 0.29) is 5.25 Å². The predicted octanol–water partition coefficient (Wildman–Crippen LogP) is 2.08. The highest BCUT2D eigenvalue weighted by atomic mass is 32.1. The largest absolute Gasteiger partial charge is 0.258 e. The van der Waals surface area contributed by atoms with Crippen molar-refractivity contribution in [2.24, 2.45) is 0 Å². The number of rotatable bonds is 1. The van der Waals surface area contributed by atoms with E-state index in [9.17, 15) is 0 Å². The second kappa shape index (κ2) is 3.22. The van der Waals surface area contributed by atoms with Gasteiger partial charge in [0.15, 0.2) is 0 Å². The van der Waals surface area contributed by atoms with Crippen molar-refractivity contribution in [2.45, 2.75) is 26.0 Å². The van der Waals surface area contributed by atoms with Gasteiger partial charge in [-0.25, -0.2) is 0 Å². The molecule has 2 nitrogen and oxygen atoms in total. The highest BCUT2D eigenvalue weighted by Crippen LogP contribution is 2.18. The zero-order chi connectivity index (χ0) is 8.43. The Kier molecular flexibility index (Phi) is 2.49. The summed E-state index contributed by atoms with van der Waals surface area (Å²) < 4.78 is 0. The van der Waals surface area contributed by atoms with Gasteiger partial charge in [-0.1, -0.05) is 0 Å². The van der Waals surface area contributed by atoms with Gasteiger partial charge in [-0.3, -0.25) is 9.97 Å². The lowest BCUT2D eigenvalue weighted by atomic mass is 10.2. The van der Waals surface area contributed by atoms with Gasteiger partial charge in [0, 0.05) is 11.4 Å². The molecule has 0 aliphatic carbocycles. The number of hydrogen-bond acceptors (Lipinski definition) is 3. The molecule has 0 aromatic carbocycles. The Morgan fingerprint density at radius 1 is 1.45 bits per heavy atom. The van der Waals surface area contributed by atoms with Gasteiger partial charge in [0.1, 0.15) is 0 Å². The van der Waals surface area contributed by atoms with Crippen LogP contribution in [0.3, 0.4) is 0 Å². The van der Waals surface area contributed by atoms with Crippen LogP contribution in [0.1, 0.15) is 29.3 Å². The fourth-order valence-corrected chi connectivity index (χ4v) is 1.20. The third kappa shape index (κ3) is 1.93. The van der Waals surface area contributed by atoms with Crippen molar-refractivity contribution in [3.05, 3.63) is 23.3 Å². The summed E-state index contributed by atoms with van der Waals surface area (Å²) in [6.07, 6.45) is 1.77. The first-order valence-electron chi connectivity index (χ1n) is 3.59. The van der Waals surface area contributed by atoms with E-state index >= 15 is 0 Å². The molecule has 1 atom stereocenters. The molecule has 1 aromatic heterocycles. The average Bonchev–Trinajstić information content (AvgIpc) is 1.94. The van der Waals surface area contributed by atoms with Crippen LogP contribution in [-0.4, -0.2) is 9.97 Å². The minimum Gasteiger partial charge on any atom is -0.258 e. The number of nitrogens with zero attached hydrogens (tertiary/aromatic N) is 2. The molecule has 60 valence electrons. The molecule has 1 heterocycles. The molecule has 0 aliphatic heterocycles. The van der Waals surface area contributed by atoms with E-state index in [1.54, 1.807) is 6.20 Å². The SMILES string of the molecule is Cc1cnc(C)c(C(C)S)n1. The van der Waals surface area contributed by atoms with E-state index < -0.39 is 0 Å². The monoisotopic (exact) mass is 168 g/mol. The molecule has 3 heteroatoms. The molecule has 1 rings (SSSR count). The topological polar surface area (TPSA) is 25.8 Å².